The Labute approximate surface area is 182 Å². The molecule has 3 rings (SSSR count). The zero-order valence-electron chi connectivity index (χ0n) is 18.8. The monoisotopic (exact) mass is 432 g/mol. The molecular formula is C23H32N2O4S. The second-order valence-corrected chi connectivity index (χ2v) is 10.5. The predicted octanol–water partition coefficient (Wildman–Crippen LogP) is 5.61. The minimum atomic E-state index is -0.753. The van der Waals surface area contributed by atoms with E-state index < -0.39 is 5.54 Å². The maximum absolute atomic E-state index is 12.1. The summed E-state index contributed by atoms with van der Waals surface area (Å²) in [5.74, 6) is 0.806. The highest BCUT2D eigenvalue weighted by Crippen LogP contribution is 2.35. The number of ether oxygens (including phenoxy) is 1. The van der Waals surface area contributed by atoms with Gasteiger partial charge < -0.3 is 14.2 Å². The first-order valence-corrected chi connectivity index (χ1v) is 11.4. The lowest BCUT2D eigenvalue weighted by Crippen LogP contribution is -2.44. The van der Waals surface area contributed by atoms with Gasteiger partial charge in [-0.1, -0.05) is 39.3 Å². The molecule has 1 fully saturated rings. The van der Waals surface area contributed by atoms with Gasteiger partial charge in [0.2, 0.25) is 5.12 Å². The van der Waals surface area contributed by atoms with Crippen LogP contribution in [-0.4, -0.2) is 39.1 Å². The van der Waals surface area contributed by atoms with Crippen molar-refractivity contribution in [3.63, 3.8) is 0 Å². The van der Waals surface area contributed by atoms with Crippen LogP contribution in [0.2, 0.25) is 0 Å². The molecule has 0 aliphatic carbocycles. The molecule has 0 N–H and O–H groups in total. The van der Waals surface area contributed by atoms with Gasteiger partial charge >= 0.3 is 0 Å². The Bertz CT molecular complexity index is 943. The highest BCUT2D eigenvalue weighted by Gasteiger charge is 2.46. The molecule has 0 saturated carbocycles. The van der Waals surface area contributed by atoms with Crippen molar-refractivity contribution in [3.8, 4) is 5.75 Å². The lowest BCUT2D eigenvalue weighted by molar-refractivity contribution is -0.117. The van der Waals surface area contributed by atoms with Gasteiger partial charge in [0.05, 0.1) is 12.3 Å². The van der Waals surface area contributed by atoms with Crippen molar-refractivity contribution in [2.24, 2.45) is 5.41 Å². The van der Waals surface area contributed by atoms with E-state index in [1.807, 2.05) is 12.1 Å². The van der Waals surface area contributed by atoms with E-state index in [0.717, 1.165) is 59.0 Å². The molecule has 7 heteroatoms. The summed E-state index contributed by atoms with van der Waals surface area (Å²) >= 11 is 0.794. The minimum absolute atomic E-state index is 0.0968. The average Bonchev–Trinajstić information content (AvgIpc) is 3.11. The molecule has 0 radical (unpaired) electrons. The van der Waals surface area contributed by atoms with Gasteiger partial charge in [0.1, 0.15) is 11.3 Å². The second-order valence-electron chi connectivity index (χ2n) is 9.60. The summed E-state index contributed by atoms with van der Waals surface area (Å²) in [6, 6.07) is 4.03. The lowest BCUT2D eigenvalue weighted by atomic mass is 9.89. The minimum Gasteiger partial charge on any atom is -0.493 e. The molecule has 1 saturated heterocycles. The Hall–Kier alpha value is -2.02. The number of rotatable bonds is 8. The number of carbonyl (C=O) groups excluding carboxylic acids is 2. The van der Waals surface area contributed by atoms with Gasteiger partial charge in [0.15, 0.2) is 5.58 Å². The zero-order valence-corrected chi connectivity index (χ0v) is 19.6. The van der Waals surface area contributed by atoms with Crippen LogP contribution in [0.25, 0.3) is 11.0 Å². The summed E-state index contributed by atoms with van der Waals surface area (Å²) in [5.41, 5.74) is 2.22. The van der Waals surface area contributed by atoms with Gasteiger partial charge in [-0.05, 0) is 50.7 Å². The zero-order chi connectivity index (χ0) is 22.1. The van der Waals surface area contributed by atoms with Gasteiger partial charge in [0, 0.05) is 29.3 Å². The van der Waals surface area contributed by atoms with Gasteiger partial charge in [-0.2, -0.15) is 0 Å². The molecule has 1 amide bonds. The third kappa shape index (κ3) is 4.66. The molecule has 0 spiro atoms. The molecule has 1 aromatic carbocycles. The van der Waals surface area contributed by atoms with E-state index in [9.17, 15) is 9.59 Å². The number of carbonyl (C=O) groups is 2. The summed E-state index contributed by atoms with van der Waals surface area (Å²) in [5, 5.41) is 5.12. The molecule has 164 valence electrons. The molecular weight excluding hydrogens is 400 g/mol. The lowest BCUT2D eigenvalue weighted by Gasteiger charge is -2.28. The van der Waals surface area contributed by atoms with Crippen LogP contribution in [0.3, 0.4) is 0 Å². The van der Waals surface area contributed by atoms with Crippen molar-refractivity contribution >= 4 is 33.1 Å². The van der Waals surface area contributed by atoms with E-state index in [1.165, 1.54) is 0 Å². The summed E-state index contributed by atoms with van der Waals surface area (Å²) < 4.78 is 11.8. The van der Waals surface area contributed by atoms with Gasteiger partial charge in [-0.15, -0.1) is 0 Å². The van der Waals surface area contributed by atoms with Crippen molar-refractivity contribution in [1.82, 2.24) is 10.1 Å². The quantitative estimate of drug-likeness (QED) is 0.505. The van der Waals surface area contributed by atoms with Crippen LogP contribution in [0.5, 0.6) is 5.75 Å². The Kier molecular flexibility index (Phi) is 6.51. The normalized spacial score (nSPS) is 16.7. The third-order valence-corrected chi connectivity index (χ3v) is 6.41. The van der Waals surface area contributed by atoms with Gasteiger partial charge in [0.25, 0.3) is 5.24 Å². The Morgan fingerprint density at radius 1 is 1.23 bits per heavy atom. The topological polar surface area (TPSA) is 72.6 Å². The van der Waals surface area contributed by atoms with E-state index >= 15 is 0 Å². The SMILES string of the molecule is CCCc1c(OCCCN2C(=O)SC(=O)C2(C)C)ccc2c(CC(C)(C)C)noc12. The van der Waals surface area contributed by atoms with Crippen molar-refractivity contribution in [2.45, 2.75) is 72.8 Å². The van der Waals surface area contributed by atoms with E-state index in [-0.39, 0.29) is 15.8 Å². The fourth-order valence-electron chi connectivity index (χ4n) is 3.72. The van der Waals surface area contributed by atoms with Crippen molar-refractivity contribution < 1.29 is 18.8 Å². The van der Waals surface area contributed by atoms with Gasteiger partial charge in [-0.3, -0.25) is 9.59 Å². The highest BCUT2D eigenvalue weighted by molar-refractivity contribution is 8.26. The molecule has 0 atom stereocenters. The van der Waals surface area contributed by atoms with E-state index in [2.05, 4.69) is 32.9 Å². The smallest absolute Gasteiger partial charge is 0.290 e. The van der Waals surface area contributed by atoms with Crippen LogP contribution in [0.4, 0.5) is 4.79 Å². The number of hydrogen-bond acceptors (Lipinski definition) is 6. The number of amides is 1. The van der Waals surface area contributed by atoms with Crippen molar-refractivity contribution in [2.75, 3.05) is 13.2 Å². The van der Waals surface area contributed by atoms with Gasteiger partial charge in [-0.25, -0.2) is 0 Å². The van der Waals surface area contributed by atoms with Crippen LogP contribution in [0.15, 0.2) is 16.7 Å². The summed E-state index contributed by atoms with van der Waals surface area (Å²) in [4.78, 5) is 25.6. The number of benzene rings is 1. The molecule has 0 bridgehead atoms. The van der Waals surface area contributed by atoms with Crippen LogP contribution >= 0.6 is 11.8 Å². The first-order chi connectivity index (χ1) is 14.0. The van der Waals surface area contributed by atoms with Crippen molar-refractivity contribution in [3.05, 3.63) is 23.4 Å². The third-order valence-electron chi connectivity index (χ3n) is 5.33. The molecule has 2 aromatic rings. The average molecular weight is 433 g/mol. The Morgan fingerprint density at radius 3 is 2.57 bits per heavy atom. The summed E-state index contributed by atoms with van der Waals surface area (Å²) in [6.07, 6.45) is 3.32. The number of fused-ring (bicyclic) bond motifs is 1. The predicted molar refractivity (Wildman–Crippen MR) is 120 cm³/mol. The molecule has 2 heterocycles. The number of hydrogen-bond donors (Lipinski definition) is 0. The number of nitrogens with zero attached hydrogens (tertiary/aromatic N) is 2. The fourth-order valence-corrected chi connectivity index (χ4v) is 4.66. The molecule has 0 unspecified atom stereocenters. The Morgan fingerprint density at radius 2 is 1.97 bits per heavy atom. The molecule has 6 nitrogen and oxygen atoms in total. The van der Waals surface area contributed by atoms with Crippen LogP contribution in [0.1, 0.15) is 65.6 Å². The highest BCUT2D eigenvalue weighted by atomic mass is 32.2. The number of thioether (sulfide) groups is 1. The fraction of sp³-hybridized carbons (Fsp3) is 0.609. The number of aryl methyl sites for hydroxylation is 1. The van der Waals surface area contributed by atoms with Crippen LogP contribution < -0.4 is 4.74 Å². The summed E-state index contributed by atoms with van der Waals surface area (Å²) in [6.45, 7) is 13.2. The first-order valence-electron chi connectivity index (χ1n) is 10.6. The van der Waals surface area contributed by atoms with Crippen LogP contribution in [-0.2, 0) is 17.6 Å². The molecule has 1 aliphatic heterocycles. The van der Waals surface area contributed by atoms with E-state index in [1.54, 1.807) is 18.7 Å². The Balaban J connectivity index is 1.71. The maximum Gasteiger partial charge on any atom is 0.290 e. The van der Waals surface area contributed by atoms with E-state index in [4.69, 9.17) is 9.26 Å². The molecule has 1 aliphatic rings. The number of aromatic nitrogens is 1. The molecule has 30 heavy (non-hydrogen) atoms. The summed E-state index contributed by atoms with van der Waals surface area (Å²) in [7, 11) is 0. The second kappa shape index (κ2) is 8.61. The standard InChI is InChI=1S/C23H32N2O4S/c1-7-9-16-18(11-10-15-17(14-22(2,3)4)24-29-19(15)16)28-13-8-12-25-21(27)30-20(26)23(25,5)6/h10-11H,7-9,12-14H2,1-6H3. The first kappa shape index (κ1) is 22.7. The van der Waals surface area contributed by atoms with Crippen LogP contribution in [0, 0.1) is 5.41 Å². The largest absolute Gasteiger partial charge is 0.493 e. The van der Waals surface area contributed by atoms with Crippen molar-refractivity contribution in [1.29, 1.82) is 0 Å². The van der Waals surface area contributed by atoms with E-state index in [0.29, 0.717) is 19.6 Å². The molecule has 1 aromatic heterocycles. The maximum atomic E-state index is 12.1.